The lowest BCUT2D eigenvalue weighted by atomic mass is 9.77. The van der Waals surface area contributed by atoms with Crippen LogP contribution in [0.1, 0.15) is 49.1 Å². The molecule has 0 saturated heterocycles. The molecule has 1 atom stereocenters. The van der Waals surface area contributed by atoms with Crippen LogP contribution in [0, 0.1) is 18.3 Å². The predicted octanol–water partition coefficient (Wildman–Crippen LogP) is 5.90. The van der Waals surface area contributed by atoms with Crippen molar-refractivity contribution in [1.29, 1.82) is 5.26 Å². The zero-order valence-corrected chi connectivity index (χ0v) is 21.6. The largest absolute Gasteiger partial charge is 0.440 e. The minimum Gasteiger partial charge on any atom is -0.440 e. The molecule has 7 nitrogen and oxygen atoms in total. The first kappa shape index (κ1) is 23.6. The van der Waals surface area contributed by atoms with Gasteiger partial charge >= 0.3 is 0 Å². The molecular formula is C31H27N5O2. The third-order valence-corrected chi connectivity index (χ3v) is 7.24. The van der Waals surface area contributed by atoms with Gasteiger partial charge in [-0.3, -0.25) is 4.79 Å². The van der Waals surface area contributed by atoms with Gasteiger partial charge in [-0.2, -0.15) is 5.26 Å². The van der Waals surface area contributed by atoms with E-state index in [4.69, 9.17) is 15.5 Å². The van der Waals surface area contributed by atoms with Crippen LogP contribution in [0.5, 0.6) is 5.75 Å². The Bertz CT molecular complexity index is 1900. The maximum Gasteiger partial charge on any atom is 0.259 e. The molecular weight excluding hydrogens is 474 g/mol. The quantitative estimate of drug-likeness (QED) is 0.278. The van der Waals surface area contributed by atoms with Gasteiger partial charge in [0.2, 0.25) is 5.88 Å². The van der Waals surface area contributed by atoms with E-state index in [0.29, 0.717) is 28.0 Å². The highest BCUT2D eigenvalue weighted by molar-refractivity contribution is 5.87. The monoisotopic (exact) mass is 501 g/mol. The lowest BCUT2D eigenvalue weighted by Crippen LogP contribution is -2.25. The Morgan fingerprint density at radius 3 is 2.47 bits per heavy atom. The van der Waals surface area contributed by atoms with E-state index >= 15 is 0 Å². The number of aromatic amines is 2. The lowest BCUT2D eigenvalue weighted by Gasteiger charge is -2.32. The van der Waals surface area contributed by atoms with Crippen LogP contribution in [0.3, 0.4) is 0 Å². The fraction of sp³-hybridized carbons (Fsp3) is 0.194. The molecule has 3 aromatic carbocycles. The molecule has 4 N–H and O–H groups in total. The summed E-state index contributed by atoms with van der Waals surface area (Å²) in [5.41, 5.74) is 12.2. The van der Waals surface area contributed by atoms with E-state index < -0.39 is 5.92 Å². The Morgan fingerprint density at radius 1 is 1.03 bits per heavy atom. The second-order valence-electron chi connectivity index (χ2n) is 10.8. The van der Waals surface area contributed by atoms with Crippen molar-refractivity contribution in [2.24, 2.45) is 5.73 Å². The number of aromatic nitrogens is 3. The number of para-hydroxylation sites is 2. The van der Waals surface area contributed by atoms with Gasteiger partial charge in [-0.05, 0) is 48.2 Å². The number of nitrogens with one attached hydrogen (secondary N) is 2. The molecule has 3 heterocycles. The summed E-state index contributed by atoms with van der Waals surface area (Å²) in [6.07, 6.45) is 0. The van der Waals surface area contributed by atoms with Crippen molar-refractivity contribution in [3.63, 3.8) is 0 Å². The molecule has 2 aromatic heterocycles. The number of nitriles is 1. The molecule has 38 heavy (non-hydrogen) atoms. The molecule has 0 fully saturated rings. The lowest BCUT2D eigenvalue weighted by molar-refractivity contribution is 0.379. The van der Waals surface area contributed by atoms with Crippen molar-refractivity contribution in [3.8, 4) is 23.2 Å². The number of benzene rings is 3. The van der Waals surface area contributed by atoms with Crippen LogP contribution in [0.25, 0.3) is 33.2 Å². The first-order valence-electron chi connectivity index (χ1n) is 12.5. The molecule has 0 spiro atoms. The van der Waals surface area contributed by atoms with E-state index in [9.17, 15) is 10.1 Å². The first-order chi connectivity index (χ1) is 18.2. The Kier molecular flexibility index (Phi) is 5.18. The fourth-order valence-corrected chi connectivity index (χ4v) is 5.45. The Morgan fingerprint density at radius 2 is 1.74 bits per heavy atom. The third-order valence-electron chi connectivity index (χ3n) is 7.24. The molecule has 0 amide bonds. The van der Waals surface area contributed by atoms with Gasteiger partial charge in [0, 0.05) is 33.3 Å². The van der Waals surface area contributed by atoms with Crippen LogP contribution in [0.15, 0.2) is 76.9 Å². The summed E-state index contributed by atoms with van der Waals surface area (Å²) >= 11 is 0. The summed E-state index contributed by atoms with van der Waals surface area (Å²) in [5, 5.41) is 11.8. The van der Waals surface area contributed by atoms with Crippen molar-refractivity contribution in [3.05, 3.63) is 105 Å². The van der Waals surface area contributed by atoms with Gasteiger partial charge in [-0.15, -0.1) is 0 Å². The second-order valence-corrected chi connectivity index (χ2v) is 10.8. The number of ether oxygens (including phenoxy) is 1. The van der Waals surface area contributed by atoms with Crippen LogP contribution >= 0.6 is 0 Å². The Hall–Kier alpha value is -4.83. The highest BCUT2D eigenvalue weighted by Gasteiger charge is 2.37. The number of rotatable bonds is 2. The molecule has 0 radical (unpaired) electrons. The summed E-state index contributed by atoms with van der Waals surface area (Å²) in [6.45, 7) is 8.29. The molecule has 1 aliphatic rings. The summed E-state index contributed by atoms with van der Waals surface area (Å²) in [6, 6.07) is 21.6. The minimum absolute atomic E-state index is 0.102. The number of nitrogens with zero attached hydrogens (tertiary/aromatic N) is 2. The number of hydrogen-bond donors (Lipinski definition) is 3. The number of fused-ring (bicyclic) bond motifs is 3. The first-order valence-corrected chi connectivity index (χ1v) is 12.5. The molecule has 1 unspecified atom stereocenters. The molecule has 5 aromatic rings. The maximum atomic E-state index is 12.9. The average molecular weight is 502 g/mol. The SMILES string of the molecule is Cc1[nH]c2ccccc2c1C1C(C#N)=C(N)Oc2c1cc(-c1nc3ccccc3c(=O)[nH]1)cc2C(C)(C)C. The van der Waals surface area contributed by atoms with Crippen LogP contribution in [0.2, 0.25) is 0 Å². The standard InChI is InChI=1S/C31H27N5O2/c1-16-25(18-9-5-7-11-23(18)34-16)26-20-13-17(29-35-24-12-8-6-10-19(24)30(37)36-29)14-22(31(2,3)4)27(20)38-28(33)21(26)15-32/h5-14,26,34H,33H2,1-4H3,(H,35,36,37). The van der Waals surface area contributed by atoms with Gasteiger partial charge in [0.15, 0.2) is 0 Å². The molecule has 7 heteroatoms. The fourth-order valence-electron chi connectivity index (χ4n) is 5.45. The number of hydrogen-bond acceptors (Lipinski definition) is 5. The van der Waals surface area contributed by atoms with Crippen LogP contribution in [-0.2, 0) is 5.41 Å². The van der Waals surface area contributed by atoms with E-state index in [2.05, 4.69) is 36.8 Å². The summed E-state index contributed by atoms with van der Waals surface area (Å²) < 4.78 is 6.19. The van der Waals surface area contributed by atoms with E-state index in [0.717, 1.165) is 38.9 Å². The van der Waals surface area contributed by atoms with Crippen molar-refractivity contribution in [2.75, 3.05) is 0 Å². The molecule has 0 aliphatic carbocycles. The van der Waals surface area contributed by atoms with Crippen LogP contribution in [-0.4, -0.2) is 15.0 Å². The van der Waals surface area contributed by atoms with Gasteiger partial charge in [0.05, 0.1) is 16.8 Å². The van der Waals surface area contributed by atoms with Crippen molar-refractivity contribution in [2.45, 2.75) is 39.0 Å². The predicted molar refractivity (Wildman–Crippen MR) is 149 cm³/mol. The minimum atomic E-state index is -0.465. The average Bonchev–Trinajstić information content (AvgIpc) is 3.22. The Labute approximate surface area is 219 Å². The molecule has 1 aliphatic heterocycles. The van der Waals surface area contributed by atoms with Gasteiger partial charge < -0.3 is 20.4 Å². The molecule has 188 valence electrons. The number of H-pyrrole nitrogens is 2. The Balaban J connectivity index is 1.69. The molecule has 0 saturated carbocycles. The van der Waals surface area contributed by atoms with Gasteiger partial charge in [0.25, 0.3) is 5.56 Å². The van der Waals surface area contributed by atoms with Crippen molar-refractivity contribution < 1.29 is 4.74 Å². The smallest absolute Gasteiger partial charge is 0.259 e. The van der Waals surface area contributed by atoms with Crippen LogP contribution < -0.4 is 16.0 Å². The van der Waals surface area contributed by atoms with Crippen molar-refractivity contribution in [1.82, 2.24) is 15.0 Å². The highest BCUT2D eigenvalue weighted by Crippen LogP contribution is 2.50. The zero-order valence-electron chi connectivity index (χ0n) is 21.6. The van der Waals surface area contributed by atoms with Gasteiger partial charge in [0.1, 0.15) is 23.2 Å². The summed E-state index contributed by atoms with van der Waals surface area (Å²) in [7, 11) is 0. The molecule has 0 bridgehead atoms. The van der Waals surface area contributed by atoms with Crippen LogP contribution in [0.4, 0.5) is 0 Å². The highest BCUT2D eigenvalue weighted by atomic mass is 16.5. The van der Waals surface area contributed by atoms with E-state index in [1.807, 2.05) is 61.5 Å². The third kappa shape index (κ3) is 3.57. The molecule has 6 rings (SSSR count). The summed E-state index contributed by atoms with van der Waals surface area (Å²) in [5.74, 6) is 0.728. The van der Waals surface area contributed by atoms with Gasteiger partial charge in [-0.1, -0.05) is 51.1 Å². The van der Waals surface area contributed by atoms with E-state index in [1.54, 1.807) is 6.07 Å². The number of nitrogens with two attached hydrogens (primary N) is 1. The number of allylic oxidation sites excluding steroid dienone is 1. The topological polar surface area (TPSA) is 121 Å². The maximum absolute atomic E-state index is 12.9. The van der Waals surface area contributed by atoms with E-state index in [-0.39, 0.29) is 16.9 Å². The second kappa shape index (κ2) is 8.35. The van der Waals surface area contributed by atoms with Gasteiger partial charge in [-0.25, -0.2) is 4.98 Å². The normalized spacial score (nSPS) is 15.4. The summed E-state index contributed by atoms with van der Waals surface area (Å²) in [4.78, 5) is 24.1. The van der Waals surface area contributed by atoms with Crippen molar-refractivity contribution >= 4 is 21.8 Å². The number of aryl methyl sites for hydroxylation is 1. The van der Waals surface area contributed by atoms with E-state index in [1.165, 1.54) is 0 Å². The zero-order chi connectivity index (χ0) is 26.8.